The molecule has 0 saturated heterocycles. The molecule has 130 valence electrons. The molecule has 0 atom stereocenters. The van der Waals surface area contributed by atoms with Gasteiger partial charge in [-0.2, -0.15) is 4.31 Å². The number of fused-ring (bicyclic) bond motifs is 1. The second kappa shape index (κ2) is 6.25. The van der Waals surface area contributed by atoms with E-state index in [1.807, 2.05) is 12.3 Å². The zero-order chi connectivity index (χ0) is 17.6. The average molecular weight is 397 g/mol. The Hall–Kier alpha value is -1.67. The number of aromatic nitrogens is 1. The van der Waals surface area contributed by atoms with Gasteiger partial charge in [0, 0.05) is 35.8 Å². The van der Waals surface area contributed by atoms with Crippen molar-refractivity contribution in [2.75, 3.05) is 13.1 Å². The Morgan fingerprint density at radius 3 is 2.76 bits per heavy atom. The number of rotatable bonds is 3. The van der Waals surface area contributed by atoms with E-state index >= 15 is 0 Å². The van der Waals surface area contributed by atoms with Gasteiger partial charge >= 0.3 is 0 Å². The van der Waals surface area contributed by atoms with E-state index in [1.54, 1.807) is 12.1 Å². The van der Waals surface area contributed by atoms with Gasteiger partial charge in [-0.25, -0.2) is 12.8 Å². The van der Waals surface area contributed by atoms with Crippen LogP contribution in [0.15, 0.2) is 46.8 Å². The summed E-state index contributed by atoms with van der Waals surface area (Å²) in [6.07, 6.45) is 4.37. The number of nitrogens with zero attached hydrogens (tertiary/aromatic N) is 1. The number of H-pyrrole nitrogens is 1. The van der Waals surface area contributed by atoms with Crippen LogP contribution < -0.4 is 0 Å². The second-order valence-corrected chi connectivity index (χ2v) is 9.67. The zero-order valence-corrected chi connectivity index (χ0v) is 15.4. The molecule has 0 saturated carbocycles. The molecule has 1 aliphatic rings. The SMILES string of the molecule is O=S(=O)(c1ccc(Cl)s1)N1CC=C(c2c[nH]c3cc(F)ccc23)CC1. The topological polar surface area (TPSA) is 53.2 Å². The van der Waals surface area contributed by atoms with Crippen LogP contribution >= 0.6 is 22.9 Å². The van der Waals surface area contributed by atoms with Crippen LogP contribution in [0, 0.1) is 5.82 Å². The van der Waals surface area contributed by atoms with E-state index in [0.717, 1.165) is 33.4 Å². The average Bonchev–Trinajstić information content (AvgIpc) is 3.21. The van der Waals surface area contributed by atoms with Gasteiger partial charge in [-0.15, -0.1) is 11.3 Å². The standard InChI is InChI=1S/C17H14ClFN2O2S2/c18-16-3-4-17(24-16)25(22,23)21-7-5-11(6-8-21)14-10-20-15-9-12(19)1-2-13(14)15/h1-5,9-10,20H,6-8H2. The molecule has 1 N–H and O–H groups in total. The third-order valence-corrected chi connectivity index (χ3v) is 7.87. The lowest BCUT2D eigenvalue weighted by Crippen LogP contribution is -2.34. The molecule has 0 fully saturated rings. The van der Waals surface area contributed by atoms with Crippen molar-refractivity contribution in [2.45, 2.75) is 10.6 Å². The van der Waals surface area contributed by atoms with Crippen molar-refractivity contribution in [3.05, 3.63) is 58.3 Å². The van der Waals surface area contributed by atoms with Crippen LogP contribution in [0.25, 0.3) is 16.5 Å². The molecular formula is C17H14ClFN2O2S2. The highest BCUT2D eigenvalue weighted by Crippen LogP contribution is 2.33. The highest BCUT2D eigenvalue weighted by molar-refractivity contribution is 7.91. The second-order valence-electron chi connectivity index (χ2n) is 5.79. The van der Waals surface area contributed by atoms with Gasteiger partial charge in [0.2, 0.25) is 0 Å². The van der Waals surface area contributed by atoms with Crippen molar-refractivity contribution < 1.29 is 12.8 Å². The van der Waals surface area contributed by atoms with Crippen LogP contribution in [-0.4, -0.2) is 30.8 Å². The Morgan fingerprint density at radius 1 is 1.24 bits per heavy atom. The third kappa shape index (κ3) is 3.01. The summed E-state index contributed by atoms with van der Waals surface area (Å²) in [5.41, 5.74) is 2.79. The Bertz CT molecular complexity index is 1090. The lowest BCUT2D eigenvalue weighted by atomic mass is 10.00. The number of nitrogens with one attached hydrogen (secondary N) is 1. The Balaban J connectivity index is 1.61. The normalized spacial score (nSPS) is 16.3. The van der Waals surface area contributed by atoms with Crippen molar-refractivity contribution in [3.8, 4) is 0 Å². The molecule has 4 nitrogen and oxygen atoms in total. The molecule has 0 unspecified atom stereocenters. The highest BCUT2D eigenvalue weighted by atomic mass is 35.5. The van der Waals surface area contributed by atoms with Crippen molar-refractivity contribution >= 4 is 49.4 Å². The van der Waals surface area contributed by atoms with Crippen LogP contribution in [0.1, 0.15) is 12.0 Å². The van der Waals surface area contributed by atoms with Crippen LogP contribution in [0.4, 0.5) is 4.39 Å². The smallest absolute Gasteiger partial charge is 0.252 e. The summed E-state index contributed by atoms with van der Waals surface area (Å²) in [6, 6.07) is 7.76. The van der Waals surface area contributed by atoms with Crippen LogP contribution in [0.5, 0.6) is 0 Å². The summed E-state index contributed by atoms with van der Waals surface area (Å²) in [5.74, 6) is -0.287. The maximum absolute atomic E-state index is 13.3. The molecule has 0 aliphatic carbocycles. The van der Waals surface area contributed by atoms with E-state index in [0.29, 0.717) is 23.8 Å². The predicted octanol–water partition coefficient (Wildman–Crippen LogP) is 4.50. The Morgan fingerprint density at radius 2 is 2.08 bits per heavy atom. The van der Waals surface area contributed by atoms with E-state index in [1.165, 1.54) is 22.5 Å². The summed E-state index contributed by atoms with van der Waals surface area (Å²) in [7, 11) is -3.52. The molecule has 1 aliphatic heterocycles. The first-order valence-electron chi connectivity index (χ1n) is 7.67. The van der Waals surface area contributed by atoms with E-state index < -0.39 is 10.0 Å². The highest BCUT2D eigenvalue weighted by Gasteiger charge is 2.28. The minimum Gasteiger partial charge on any atom is -0.360 e. The summed E-state index contributed by atoms with van der Waals surface area (Å²) < 4.78 is 40.8. The van der Waals surface area contributed by atoms with Crippen molar-refractivity contribution in [1.29, 1.82) is 0 Å². The summed E-state index contributed by atoms with van der Waals surface area (Å²) in [6.45, 7) is 0.707. The fourth-order valence-electron chi connectivity index (χ4n) is 3.04. The Kier molecular flexibility index (Phi) is 4.19. The molecule has 0 amide bonds. The van der Waals surface area contributed by atoms with Gasteiger partial charge < -0.3 is 4.98 Å². The summed E-state index contributed by atoms with van der Waals surface area (Å²) in [4.78, 5) is 3.07. The van der Waals surface area contributed by atoms with Gasteiger partial charge in [0.1, 0.15) is 10.0 Å². The third-order valence-electron chi connectivity index (χ3n) is 4.30. The quantitative estimate of drug-likeness (QED) is 0.708. The first kappa shape index (κ1) is 16.8. The first-order valence-corrected chi connectivity index (χ1v) is 10.3. The monoisotopic (exact) mass is 396 g/mol. The van der Waals surface area contributed by atoms with Crippen molar-refractivity contribution in [3.63, 3.8) is 0 Å². The van der Waals surface area contributed by atoms with Gasteiger partial charge in [-0.3, -0.25) is 0 Å². The maximum atomic E-state index is 13.3. The molecule has 8 heteroatoms. The van der Waals surface area contributed by atoms with Gasteiger partial charge in [0.05, 0.1) is 4.34 Å². The number of sulfonamides is 1. The van der Waals surface area contributed by atoms with Gasteiger partial charge in [-0.1, -0.05) is 17.7 Å². The first-order chi connectivity index (χ1) is 11.9. The van der Waals surface area contributed by atoms with Gasteiger partial charge in [0.15, 0.2) is 0 Å². The number of hydrogen-bond acceptors (Lipinski definition) is 3. The molecule has 3 aromatic rings. The molecule has 1 aromatic carbocycles. The van der Waals surface area contributed by atoms with Crippen LogP contribution in [-0.2, 0) is 10.0 Å². The van der Waals surface area contributed by atoms with E-state index in [2.05, 4.69) is 4.98 Å². The molecule has 25 heavy (non-hydrogen) atoms. The number of thiophene rings is 1. The molecule has 0 radical (unpaired) electrons. The largest absolute Gasteiger partial charge is 0.360 e. The van der Waals surface area contributed by atoms with Gasteiger partial charge in [0.25, 0.3) is 10.0 Å². The fourth-order valence-corrected chi connectivity index (χ4v) is 6.06. The van der Waals surface area contributed by atoms with Crippen LogP contribution in [0.3, 0.4) is 0 Å². The number of hydrogen-bond donors (Lipinski definition) is 1. The zero-order valence-electron chi connectivity index (χ0n) is 13.0. The number of aromatic amines is 1. The molecule has 4 rings (SSSR count). The predicted molar refractivity (Wildman–Crippen MR) is 98.9 cm³/mol. The minimum absolute atomic E-state index is 0.261. The van der Waals surface area contributed by atoms with E-state index in [4.69, 9.17) is 11.6 Å². The molecule has 0 spiro atoms. The summed E-state index contributed by atoms with van der Waals surface area (Å²) in [5, 5.41) is 0.939. The molecular weight excluding hydrogens is 383 g/mol. The molecule has 3 heterocycles. The number of benzene rings is 1. The van der Waals surface area contributed by atoms with Gasteiger partial charge in [-0.05, 0) is 42.3 Å². The lowest BCUT2D eigenvalue weighted by Gasteiger charge is -2.25. The Labute approximate surface area is 153 Å². The molecule has 0 bridgehead atoms. The van der Waals surface area contributed by atoms with E-state index in [-0.39, 0.29) is 10.0 Å². The van der Waals surface area contributed by atoms with E-state index in [9.17, 15) is 12.8 Å². The van der Waals surface area contributed by atoms with Crippen LogP contribution in [0.2, 0.25) is 4.34 Å². The minimum atomic E-state index is -3.52. The van der Waals surface area contributed by atoms with Crippen molar-refractivity contribution in [2.24, 2.45) is 0 Å². The lowest BCUT2D eigenvalue weighted by molar-refractivity contribution is 0.443. The maximum Gasteiger partial charge on any atom is 0.252 e. The fraction of sp³-hybridized carbons (Fsp3) is 0.176. The van der Waals surface area contributed by atoms with Crippen molar-refractivity contribution in [1.82, 2.24) is 9.29 Å². The number of halogens is 2. The summed E-state index contributed by atoms with van der Waals surface area (Å²) >= 11 is 6.92. The molecule has 2 aromatic heterocycles.